The van der Waals surface area contributed by atoms with Crippen LogP contribution in [0.5, 0.6) is 0 Å². The van der Waals surface area contributed by atoms with E-state index in [9.17, 15) is 4.79 Å². The van der Waals surface area contributed by atoms with E-state index in [1.165, 1.54) is 5.56 Å². The molecule has 0 amide bonds. The van der Waals surface area contributed by atoms with Gasteiger partial charge in [0.05, 0.1) is 35.4 Å². The third-order valence-electron chi connectivity index (χ3n) is 3.70. The second-order valence-corrected chi connectivity index (χ2v) is 5.93. The van der Waals surface area contributed by atoms with Gasteiger partial charge in [-0.3, -0.25) is 0 Å². The monoisotopic (exact) mass is 319 g/mol. The van der Waals surface area contributed by atoms with Crippen molar-refractivity contribution in [3.05, 3.63) is 51.9 Å². The van der Waals surface area contributed by atoms with Gasteiger partial charge in [-0.1, -0.05) is 32.6 Å². The van der Waals surface area contributed by atoms with Crippen molar-refractivity contribution in [2.45, 2.75) is 25.4 Å². The van der Waals surface area contributed by atoms with E-state index in [0.29, 0.717) is 0 Å². The van der Waals surface area contributed by atoms with Crippen LogP contribution >= 0.6 is 20.5 Å². The molecule has 0 saturated heterocycles. The van der Waals surface area contributed by atoms with Crippen LogP contribution in [0.4, 0.5) is 5.69 Å². The lowest BCUT2D eigenvalue weighted by Crippen LogP contribution is -2.21. The Morgan fingerprint density at radius 3 is 2.90 bits per heavy atom. The molecule has 4 nitrogen and oxygen atoms in total. The second-order valence-electron chi connectivity index (χ2n) is 5.02. The summed E-state index contributed by atoms with van der Waals surface area (Å²) in [4.78, 5) is 15.1. The molecule has 1 atom stereocenters. The molecule has 0 saturated carbocycles. The van der Waals surface area contributed by atoms with E-state index in [1.807, 2.05) is 24.3 Å². The summed E-state index contributed by atoms with van der Waals surface area (Å²) in [5.74, 6) is 0. The molecule has 0 fully saturated rings. The molecule has 1 N–H and O–H groups in total. The van der Waals surface area contributed by atoms with Gasteiger partial charge in [0, 0.05) is 5.02 Å². The van der Waals surface area contributed by atoms with Crippen LogP contribution in [0.2, 0.25) is 5.02 Å². The average Bonchev–Trinajstić information content (AvgIpc) is 2.51. The Kier molecular flexibility index (Phi) is 4.09. The number of anilines is 1. The molecule has 21 heavy (non-hydrogen) atoms. The van der Waals surface area contributed by atoms with E-state index in [1.54, 1.807) is 10.9 Å². The number of aromatic nitrogens is 2. The van der Waals surface area contributed by atoms with Gasteiger partial charge in [0.15, 0.2) is 0 Å². The first-order chi connectivity index (χ1) is 10.2. The van der Waals surface area contributed by atoms with Crippen molar-refractivity contribution < 1.29 is 4.79 Å². The number of carbonyl (C=O) groups excluding carboxylic acids is 1. The van der Waals surface area contributed by atoms with Gasteiger partial charge in [-0.15, -0.1) is 0 Å². The molecule has 108 valence electrons. The Bertz CT molecular complexity index is 727. The number of fused-ring (bicyclic) bond motifs is 1. The van der Waals surface area contributed by atoms with Crippen molar-refractivity contribution in [3.8, 4) is 0 Å². The number of hydrogen-bond acceptors (Lipinski definition) is 3. The topological polar surface area (TPSA) is 46.9 Å². The molecule has 0 radical (unpaired) electrons. The first kappa shape index (κ1) is 14.3. The quantitative estimate of drug-likeness (QED) is 0.695. The minimum absolute atomic E-state index is 0.221. The lowest BCUT2D eigenvalue weighted by Gasteiger charge is -2.27. The Morgan fingerprint density at radius 2 is 2.19 bits per heavy atom. The van der Waals surface area contributed by atoms with Crippen LogP contribution in [-0.4, -0.2) is 15.8 Å². The van der Waals surface area contributed by atoms with Crippen molar-refractivity contribution in [2.75, 3.05) is 5.32 Å². The first-order valence-electron chi connectivity index (χ1n) is 6.77. The largest absolute Gasteiger partial charge is 0.375 e. The maximum Gasteiger partial charge on any atom is 0.139 e. The molecule has 2 heterocycles. The minimum Gasteiger partial charge on any atom is -0.375 e. The highest BCUT2D eigenvalue weighted by Gasteiger charge is 2.21. The Morgan fingerprint density at radius 1 is 1.43 bits per heavy atom. The fraction of sp³-hybridized carbons (Fsp3) is 0.267. The molecule has 3 rings (SSSR count). The predicted molar refractivity (Wildman–Crippen MR) is 86.0 cm³/mol. The summed E-state index contributed by atoms with van der Waals surface area (Å²) in [6.45, 7) is 0.284. The van der Waals surface area contributed by atoms with Crippen molar-refractivity contribution in [2.24, 2.45) is 0 Å². The molecule has 0 unspecified atom stereocenters. The number of halogens is 1. The van der Waals surface area contributed by atoms with E-state index in [2.05, 4.69) is 19.2 Å². The van der Waals surface area contributed by atoms with E-state index < -0.39 is 0 Å². The third-order valence-corrected chi connectivity index (χ3v) is 4.49. The molecule has 1 aliphatic rings. The van der Waals surface area contributed by atoms with E-state index in [0.717, 1.165) is 40.6 Å². The lowest BCUT2D eigenvalue weighted by atomic mass is 9.97. The molecule has 1 aromatic heterocycles. The van der Waals surface area contributed by atoms with Gasteiger partial charge in [-0.05, 0) is 30.5 Å². The summed E-state index contributed by atoms with van der Waals surface area (Å²) >= 11 is 5.94. The van der Waals surface area contributed by atoms with Gasteiger partial charge in [-0.25, -0.2) is 4.98 Å². The van der Waals surface area contributed by atoms with Crippen LogP contribution in [0.1, 0.15) is 23.7 Å². The standard InChI is InChI=1S/C15H15ClN3OP/c16-11-3-1-10(2-4-11)12-5-6-13-14(18-12)15(21)19(7-8-20)9-17-13/h1-4,8-9,12,18,21H,5-7H2/t12-/m0/s1. The predicted octanol–water partition coefficient (Wildman–Crippen LogP) is 3.51. The number of aryl methyl sites for hydroxylation is 1. The van der Waals surface area contributed by atoms with Gasteiger partial charge in [-0.2, -0.15) is 0 Å². The molecule has 6 heteroatoms. The zero-order chi connectivity index (χ0) is 14.8. The van der Waals surface area contributed by atoms with Crippen LogP contribution in [0, 0.1) is 5.07 Å². The van der Waals surface area contributed by atoms with Crippen LogP contribution < -0.4 is 5.32 Å². The zero-order valence-corrected chi connectivity index (χ0v) is 13.1. The molecular formula is C15H15ClN3OP. The smallest absolute Gasteiger partial charge is 0.139 e. The van der Waals surface area contributed by atoms with Gasteiger partial charge < -0.3 is 14.7 Å². The summed E-state index contributed by atoms with van der Waals surface area (Å²) in [5.41, 5.74) is 3.18. The molecule has 1 aliphatic heterocycles. The second kappa shape index (κ2) is 6.00. The fourth-order valence-electron chi connectivity index (χ4n) is 2.57. The van der Waals surface area contributed by atoms with Crippen molar-refractivity contribution in [1.29, 1.82) is 0 Å². The van der Waals surface area contributed by atoms with E-state index in [-0.39, 0.29) is 12.6 Å². The number of nitrogens with one attached hydrogen (secondary N) is 1. The number of hydrogen-bond donors (Lipinski definition) is 1. The van der Waals surface area contributed by atoms with Gasteiger partial charge in [0.2, 0.25) is 0 Å². The maximum atomic E-state index is 10.7. The number of nitrogens with zero attached hydrogens (tertiary/aromatic N) is 2. The van der Waals surface area contributed by atoms with Gasteiger partial charge in [0.25, 0.3) is 0 Å². The van der Waals surface area contributed by atoms with Crippen LogP contribution in [-0.2, 0) is 17.8 Å². The number of benzene rings is 1. The highest BCUT2D eigenvalue weighted by Crippen LogP contribution is 2.32. The first-order valence-corrected chi connectivity index (χ1v) is 7.65. The van der Waals surface area contributed by atoms with Crippen molar-refractivity contribution in [3.63, 3.8) is 0 Å². The highest BCUT2D eigenvalue weighted by atomic mass is 35.5. The summed E-state index contributed by atoms with van der Waals surface area (Å²) in [7, 11) is 3.62. The SMILES string of the molecule is O=CCn1cnc2c(c1=P)N[C@H](c1ccc(Cl)cc1)CC2. The summed E-state index contributed by atoms with van der Waals surface area (Å²) in [6.07, 6.45) is 4.43. The van der Waals surface area contributed by atoms with E-state index in [4.69, 9.17) is 11.6 Å². The zero-order valence-electron chi connectivity index (χ0n) is 11.3. The van der Waals surface area contributed by atoms with Crippen molar-refractivity contribution >= 4 is 32.4 Å². The Balaban J connectivity index is 1.93. The number of carbonyl (C=O) groups is 1. The molecule has 0 spiro atoms. The van der Waals surface area contributed by atoms with Crippen molar-refractivity contribution in [1.82, 2.24) is 9.55 Å². The Hall–Kier alpha value is -1.64. The average molecular weight is 320 g/mol. The molecule has 2 aromatic rings. The molecule has 1 aromatic carbocycles. The van der Waals surface area contributed by atoms with Gasteiger partial charge in [0.1, 0.15) is 6.29 Å². The summed E-state index contributed by atoms with van der Waals surface area (Å²) < 4.78 is 1.78. The molecule has 0 aliphatic carbocycles. The van der Waals surface area contributed by atoms with Gasteiger partial charge >= 0.3 is 0 Å². The fourth-order valence-corrected chi connectivity index (χ4v) is 3.07. The Labute approximate surface area is 130 Å². The normalized spacial score (nSPS) is 16.9. The number of rotatable bonds is 3. The number of aldehydes is 1. The van der Waals surface area contributed by atoms with Crippen LogP contribution in [0.3, 0.4) is 0 Å². The summed E-state index contributed by atoms with van der Waals surface area (Å²) in [5, 5.41) is 5.10. The summed E-state index contributed by atoms with van der Waals surface area (Å²) in [6, 6.07) is 8.10. The molecular weight excluding hydrogens is 305 g/mol. The van der Waals surface area contributed by atoms with Crippen LogP contribution in [0.15, 0.2) is 30.6 Å². The maximum absolute atomic E-state index is 10.7. The highest BCUT2D eigenvalue weighted by molar-refractivity contribution is 7.07. The molecule has 0 bridgehead atoms. The van der Waals surface area contributed by atoms with Crippen LogP contribution in [0.25, 0.3) is 0 Å². The lowest BCUT2D eigenvalue weighted by molar-refractivity contribution is -0.108. The van der Waals surface area contributed by atoms with E-state index >= 15 is 0 Å². The third kappa shape index (κ3) is 2.87. The minimum atomic E-state index is 0.221.